The largest absolute Gasteiger partial charge is 0.325 e. The number of anilines is 1. The lowest BCUT2D eigenvalue weighted by atomic mass is 10.1. The average Bonchev–Trinajstić information content (AvgIpc) is 3.02. The lowest BCUT2D eigenvalue weighted by Gasteiger charge is -2.17. The van der Waals surface area contributed by atoms with Gasteiger partial charge in [0.25, 0.3) is 0 Å². The Morgan fingerprint density at radius 2 is 1.93 bits per heavy atom. The quantitative estimate of drug-likeness (QED) is 0.486. The third kappa shape index (κ3) is 4.62. The van der Waals surface area contributed by atoms with Gasteiger partial charge in [0, 0.05) is 12.2 Å². The number of rotatable bonds is 7. The van der Waals surface area contributed by atoms with Gasteiger partial charge in [0.05, 0.1) is 0 Å². The Balaban J connectivity index is 1.88. The Hall–Kier alpha value is -2.93. The molecule has 0 aliphatic carbocycles. The molecule has 0 saturated heterocycles. The van der Waals surface area contributed by atoms with Crippen LogP contribution in [0.15, 0.2) is 72.4 Å². The second-order valence-electron chi connectivity index (χ2n) is 5.83. The molecule has 1 aromatic heterocycles. The minimum Gasteiger partial charge on any atom is -0.325 e. The lowest BCUT2D eigenvalue weighted by Crippen LogP contribution is -2.19. The van der Waals surface area contributed by atoms with Crippen LogP contribution in [0.1, 0.15) is 16.6 Å². The lowest BCUT2D eigenvalue weighted by molar-refractivity contribution is -0.115. The molecular weight excluding hydrogens is 363 g/mol. The highest BCUT2D eigenvalue weighted by Crippen LogP contribution is 2.35. The summed E-state index contributed by atoms with van der Waals surface area (Å²) in [5.74, 6) is 0.182. The molecule has 1 N–H and O–H groups in total. The van der Waals surface area contributed by atoms with Crippen LogP contribution < -0.4 is 5.32 Å². The molecule has 3 rings (SSSR count). The van der Waals surface area contributed by atoms with Gasteiger partial charge in [0.1, 0.15) is 16.9 Å². The van der Waals surface area contributed by atoms with E-state index in [1.165, 1.54) is 36.0 Å². The molecule has 0 spiro atoms. The van der Waals surface area contributed by atoms with Gasteiger partial charge < -0.3 is 9.88 Å². The van der Waals surface area contributed by atoms with E-state index in [0.717, 1.165) is 11.4 Å². The highest BCUT2D eigenvalue weighted by atomic mass is 32.2. The van der Waals surface area contributed by atoms with Crippen LogP contribution >= 0.6 is 11.8 Å². The molecule has 0 aliphatic rings. The number of aryl methyl sites for hydroxylation is 1. The van der Waals surface area contributed by atoms with Crippen LogP contribution in [0.4, 0.5) is 10.1 Å². The smallest absolute Gasteiger partial charge is 0.242 e. The summed E-state index contributed by atoms with van der Waals surface area (Å²) >= 11 is 1.32. The van der Waals surface area contributed by atoms with E-state index >= 15 is 0 Å². The first-order valence-electron chi connectivity index (χ1n) is 8.37. The maximum Gasteiger partial charge on any atom is 0.242 e. The molecule has 0 fully saturated rings. The SMILES string of the molecule is C=CCn1c(C)nnc1S[C@@H](C(=O)Nc1ccc(F)cc1)c1ccccc1. The van der Waals surface area contributed by atoms with Gasteiger partial charge in [-0.1, -0.05) is 48.2 Å². The molecule has 1 heterocycles. The van der Waals surface area contributed by atoms with Gasteiger partial charge in [-0.3, -0.25) is 4.79 Å². The summed E-state index contributed by atoms with van der Waals surface area (Å²) in [4.78, 5) is 13.0. The van der Waals surface area contributed by atoms with Crippen molar-refractivity contribution < 1.29 is 9.18 Å². The van der Waals surface area contributed by atoms with E-state index in [-0.39, 0.29) is 11.7 Å². The predicted molar refractivity (Wildman–Crippen MR) is 105 cm³/mol. The molecule has 138 valence electrons. The van der Waals surface area contributed by atoms with Crippen molar-refractivity contribution in [2.45, 2.75) is 23.9 Å². The second kappa shape index (κ2) is 8.64. The number of amides is 1. The fourth-order valence-electron chi connectivity index (χ4n) is 2.54. The van der Waals surface area contributed by atoms with Crippen LogP contribution in [0, 0.1) is 12.7 Å². The fraction of sp³-hybridized carbons (Fsp3) is 0.150. The summed E-state index contributed by atoms with van der Waals surface area (Å²) in [6, 6.07) is 15.1. The van der Waals surface area contributed by atoms with Crippen molar-refractivity contribution in [3.8, 4) is 0 Å². The molecule has 27 heavy (non-hydrogen) atoms. The van der Waals surface area contributed by atoms with Gasteiger partial charge in [-0.2, -0.15) is 0 Å². The van der Waals surface area contributed by atoms with E-state index in [2.05, 4.69) is 22.1 Å². The summed E-state index contributed by atoms with van der Waals surface area (Å²) in [5, 5.41) is 11.2. The Kier molecular flexibility index (Phi) is 6.03. The molecule has 1 amide bonds. The minimum atomic E-state index is -0.539. The number of thioether (sulfide) groups is 1. The molecule has 7 heteroatoms. The molecule has 5 nitrogen and oxygen atoms in total. The molecule has 3 aromatic rings. The Morgan fingerprint density at radius 3 is 2.59 bits per heavy atom. The molecule has 0 aliphatic heterocycles. The number of aromatic nitrogens is 3. The zero-order chi connectivity index (χ0) is 19.2. The van der Waals surface area contributed by atoms with Gasteiger partial charge in [0.15, 0.2) is 5.16 Å². The number of nitrogens with one attached hydrogen (secondary N) is 1. The topological polar surface area (TPSA) is 59.8 Å². The van der Waals surface area contributed by atoms with Crippen LogP contribution in [0.3, 0.4) is 0 Å². The maximum atomic E-state index is 13.1. The summed E-state index contributed by atoms with van der Waals surface area (Å²) in [6.07, 6.45) is 1.76. The number of halogens is 1. The van der Waals surface area contributed by atoms with Crippen LogP contribution in [0.5, 0.6) is 0 Å². The third-order valence-electron chi connectivity index (χ3n) is 3.89. The van der Waals surface area contributed by atoms with Crippen molar-refractivity contribution in [3.63, 3.8) is 0 Å². The number of hydrogen-bond acceptors (Lipinski definition) is 4. The summed E-state index contributed by atoms with van der Waals surface area (Å²) in [5.41, 5.74) is 1.37. The number of carbonyl (C=O) groups excluding carboxylic acids is 1. The second-order valence-corrected chi connectivity index (χ2v) is 6.91. The predicted octanol–water partition coefficient (Wildman–Crippen LogP) is 4.38. The average molecular weight is 382 g/mol. The fourth-order valence-corrected chi connectivity index (χ4v) is 3.63. The van der Waals surface area contributed by atoms with Crippen molar-refractivity contribution >= 4 is 23.4 Å². The summed E-state index contributed by atoms with van der Waals surface area (Å²) < 4.78 is 15.0. The Bertz CT molecular complexity index is 925. The Morgan fingerprint density at radius 1 is 1.22 bits per heavy atom. The van der Waals surface area contributed by atoms with E-state index in [0.29, 0.717) is 17.4 Å². The normalized spacial score (nSPS) is 11.8. The molecule has 0 bridgehead atoms. The molecule has 1 atom stereocenters. The third-order valence-corrected chi connectivity index (χ3v) is 5.12. The van der Waals surface area contributed by atoms with Gasteiger partial charge >= 0.3 is 0 Å². The van der Waals surface area contributed by atoms with Crippen molar-refractivity contribution in [1.82, 2.24) is 14.8 Å². The standard InChI is InChI=1S/C20H19FN4OS/c1-3-13-25-14(2)23-24-20(25)27-18(15-7-5-4-6-8-15)19(26)22-17-11-9-16(21)10-12-17/h3-12,18H,1,13H2,2H3,(H,22,26)/t18-/m1/s1. The van der Waals surface area contributed by atoms with E-state index in [1.54, 1.807) is 6.08 Å². The van der Waals surface area contributed by atoms with E-state index in [4.69, 9.17) is 0 Å². The number of carbonyl (C=O) groups is 1. The van der Waals surface area contributed by atoms with Crippen LogP contribution in [0.25, 0.3) is 0 Å². The number of allylic oxidation sites excluding steroid dienone is 1. The maximum absolute atomic E-state index is 13.1. The number of nitrogens with zero attached hydrogens (tertiary/aromatic N) is 3. The summed E-state index contributed by atoms with van der Waals surface area (Å²) in [7, 11) is 0. The number of benzene rings is 2. The van der Waals surface area contributed by atoms with Gasteiger partial charge in [-0.05, 0) is 36.8 Å². The van der Waals surface area contributed by atoms with Crippen molar-refractivity contribution in [2.75, 3.05) is 5.32 Å². The number of hydrogen-bond donors (Lipinski definition) is 1. The zero-order valence-electron chi connectivity index (χ0n) is 14.8. The first-order valence-corrected chi connectivity index (χ1v) is 9.25. The van der Waals surface area contributed by atoms with Crippen molar-refractivity contribution in [1.29, 1.82) is 0 Å². The Labute approximate surface area is 161 Å². The molecular formula is C20H19FN4OS. The van der Waals surface area contributed by atoms with E-state index in [1.807, 2.05) is 41.8 Å². The zero-order valence-corrected chi connectivity index (χ0v) is 15.6. The first-order chi connectivity index (χ1) is 13.1. The first kappa shape index (κ1) is 18.8. The van der Waals surface area contributed by atoms with Crippen molar-refractivity contribution in [3.05, 3.63) is 84.5 Å². The molecule has 0 radical (unpaired) electrons. The van der Waals surface area contributed by atoms with Crippen LogP contribution in [-0.2, 0) is 11.3 Å². The monoisotopic (exact) mass is 382 g/mol. The minimum absolute atomic E-state index is 0.219. The van der Waals surface area contributed by atoms with Crippen LogP contribution in [0.2, 0.25) is 0 Å². The van der Waals surface area contributed by atoms with Gasteiger partial charge in [-0.15, -0.1) is 16.8 Å². The molecule has 0 unspecified atom stereocenters. The van der Waals surface area contributed by atoms with Crippen LogP contribution in [-0.4, -0.2) is 20.7 Å². The molecule has 0 saturated carbocycles. The summed E-state index contributed by atoms with van der Waals surface area (Å²) in [6.45, 7) is 6.17. The van der Waals surface area contributed by atoms with Crippen molar-refractivity contribution in [2.24, 2.45) is 0 Å². The van der Waals surface area contributed by atoms with E-state index < -0.39 is 5.25 Å². The van der Waals surface area contributed by atoms with E-state index in [9.17, 15) is 9.18 Å². The van der Waals surface area contributed by atoms with Gasteiger partial charge in [0.2, 0.25) is 5.91 Å². The van der Waals surface area contributed by atoms with Gasteiger partial charge in [-0.25, -0.2) is 4.39 Å². The highest BCUT2D eigenvalue weighted by Gasteiger charge is 2.25. The highest BCUT2D eigenvalue weighted by molar-refractivity contribution is 8.00. The molecule has 2 aromatic carbocycles.